The first-order valence-corrected chi connectivity index (χ1v) is 5.94. The number of hydrogen-bond acceptors (Lipinski definition) is 3. The molecule has 88 valence electrons. The van der Waals surface area contributed by atoms with Crippen LogP contribution in [0.2, 0.25) is 0 Å². The highest BCUT2D eigenvalue weighted by Crippen LogP contribution is 2.27. The van der Waals surface area contributed by atoms with E-state index in [1.54, 1.807) is 0 Å². The van der Waals surface area contributed by atoms with Gasteiger partial charge in [0.05, 0.1) is 5.92 Å². The first-order chi connectivity index (χ1) is 7.19. The highest BCUT2D eigenvalue weighted by Gasteiger charge is 2.39. The van der Waals surface area contributed by atoms with Crippen LogP contribution in [0.15, 0.2) is 0 Å². The Balaban J connectivity index is 1.99. The van der Waals surface area contributed by atoms with Crippen molar-refractivity contribution in [2.24, 2.45) is 11.7 Å². The van der Waals surface area contributed by atoms with Crippen molar-refractivity contribution in [3.63, 3.8) is 0 Å². The fraction of sp³-hybridized carbons (Fsp3) is 0.909. The van der Waals surface area contributed by atoms with Crippen molar-refractivity contribution < 1.29 is 4.79 Å². The van der Waals surface area contributed by atoms with Crippen molar-refractivity contribution in [2.75, 3.05) is 26.2 Å². The number of carbonyl (C=O) groups excluding carboxylic acids is 1. The maximum atomic E-state index is 11.4. The van der Waals surface area contributed by atoms with E-state index in [0.29, 0.717) is 0 Å². The molecule has 0 aliphatic heterocycles. The summed E-state index contributed by atoms with van der Waals surface area (Å²) in [7, 11) is 0. The van der Waals surface area contributed by atoms with Crippen molar-refractivity contribution in [1.29, 1.82) is 0 Å². The molecule has 0 radical (unpaired) electrons. The molecule has 2 atom stereocenters. The van der Waals surface area contributed by atoms with Crippen molar-refractivity contribution in [1.82, 2.24) is 10.2 Å². The van der Waals surface area contributed by atoms with E-state index in [1.165, 1.54) is 0 Å². The van der Waals surface area contributed by atoms with Gasteiger partial charge in [-0.25, -0.2) is 0 Å². The van der Waals surface area contributed by atoms with Crippen LogP contribution < -0.4 is 11.1 Å². The van der Waals surface area contributed by atoms with Crippen LogP contribution in [0, 0.1) is 5.92 Å². The van der Waals surface area contributed by atoms with E-state index >= 15 is 0 Å². The molecule has 1 amide bonds. The van der Waals surface area contributed by atoms with Gasteiger partial charge in [-0.1, -0.05) is 13.8 Å². The summed E-state index contributed by atoms with van der Waals surface area (Å²) in [6.07, 6.45) is 1.89. The summed E-state index contributed by atoms with van der Waals surface area (Å²) in [5.41, 5.74) is 5.59. The Morgan fingerprint density at radius 2 is 2.07 bits per heavy atom. The summed E-state index contributed by atoms with van der Waals surface area (Å²) in [4.78, 5) is 13.8. The van der Waals surface area contributed by atoms with E-state index < -0.39 is 0 Å². The van der Waals surface area contributed by atoms with Crippen LogP contribution in [0.5, 0.6) is 0 Å². The molecule has 3 N–H and O–H groups in total. The average molecular weight is 213 g/mol. The first kappa shape index (κ1) is 12.5. The average Bonchev–Trinajstić information content (AvgIpc) is 2.96. The van der Waals surface area contributed by atoms with Crippen LogP contribution in [-0.2, 0) is 4.79 Å². The monoisotopic (exact) mass is 213 g/mol. The molecule has 0 bridgehead atoms. The number of hydrogen-bond donors (Lipinski definition) is 2. The number of nitrogens with one attached hydrogen (secondary N) is 1. The van der Waals surface area contributed by atoms with Gasteiger partial charge in [0.15, 0.2) is 0 Å². The molecule has 0 spiro atoms. The molecule has 15 heavy (non-hydrogen) atoms. The van der Waals surface area contributed by atoms with Gasteiger partial charge in [0.1, 0.15) is 0 Å². The molecule has 1 fully saturated rings. The van der Waals surface area contributed by atoms with Crippen LogP contribution in [0.4, 0.5) is 0 Å². The third-order valence-corrected chi connectivity index (χ3v) is 3.02. The third kappa shape index (κ3) is 4.18. The fourth-order valence-electron chi connectivity index (χ4n) is 1.70. The second-order valence-electron chi connectivity index (χ2n) is 4.18. The van der Waals surface area contributed by atoms with Gasteiger partial charge in [-0.3, -0.25) is 4.79 Å². The quantitative estimate of drug-likeness (QED) is 0.593. The zero-order valence-electron chi connectivity index (χ0n) is 9.83. The second-order valence-corrected chi connectivity index (χ2v) is 4.18. The lowest BCUT2D eigenvalue weighted by Gasteiger charge is -2.17. The molecular formula is C11H23N3O. The number of nitrogens with zero attached hydrogens (tertiary/aromatic N) is 1. The van der Waals surface area contributed by atoms with Gasteiger partial charge in [-0.2, -0.15) is 0 Å². The van der Waals surface area contributed by atoms with E-state index in [4.69, 9.17) is 5.73 Å². The minimum Gasteiger partial charge on any atom is -0.356 e. The minimum atomic E-state index is 0.0958. The van der Waals surface area contributed by atoms with Crippen molar-refractivity contribution >= 4 is 5.91 Å². The Morgan fingerprint density at radius 1 is 1.47 bits per heavy atom. The van der Waals surface area contributed by atoms with Gasteiger partial charge in [-0.05, 0) is 32.5 Å². The van der Waals surface area contributed by atoms with E-state index in [-0.39, 0.29) is 17.9 Å². The van der Waals surface area contributed by atoms with E-state index in [9.17, 15) is 4.79 Å². The highest BCUT2D eigenvalue weighted by atomic mass is 16.2. The molecule has 0 saturated heterocycles. The highest BCUT2D eigenvalue weighted by molar-refractivity contribution is 5.82. The lowest BCUT2D eigenvalue weighted by atomic mass is 10.3. The van der Waals surface area contributed by atoms with Crippen molar-refractivity contribution in [2.45, 2.75) is 32.7 Å². The summed E-state index contributed by atoms with van der Waals surface area (Å²) in [5, 5.41) is 2.93. The molecule has 2 unspecified atom stereocenters. The number of rotatable bonds is 7. The smallest absolute Gasteiger partial charge is 0.224 e. The molecule has 4 heteroatoms. The van der Waals surface area contributed by atoms with Crippen LogP contribution in [0.1, 0.15) is 26.7 Å². The van der Waals surface area contributed by atoms with Crippen LogP contribution in [-0.4, -0.2) is 43.0 Å². The fourth-order valence-corrected chi connectivity index (χ4v) is 1.70. The molecular weight excluding hydrogens is 190 g/mol. The molecule has 0 aromatic carbocycles. The molecule has 1 aliphatic carbocycles. The summed E-state index contributed by atoms with van der Waals surface area (Å²) >= 11 is 0. The van der Waals surface area contributed by atoms with Crippen LogP contribution in [0.3, 0.4) is 0 Å². The van der Waals surface area contributed by atoms with Crippen LogP contribution in [0.25, 0.3) is 0 Å². The minimum absolute atomic E-state index is 0.0958. The molecule has 0 aromatic rings. The lowest BCUT2D eigenvalue weighted by molar-refractivity contribution is -0.122. The van der Waals surface area contributed by atoms with Crippen molar-refractivity contribution in [3.8, 4) is 0 Å². The molecule has 1 rings (SSSR count). The number of nitrogens with two attached hydrogens (primary N) is 1. The topological polar surface area (TPSA) is 58.4 Å². The predicted molar refractivity (Wildman–Crippen MR) is 61.5 cm³/mol. The summed E-state index contributed by atoms with van der Waals surface area (Å²) in [6.45, 7) is 8.31. The summed E-state index contributed by atoms with van der Waals surface area (Å²) in [6, 6.07) is 0.118. The standard InChI is InChI=1S/C11H23N3O/c1-3-14(4-2)7-5-6-13-11(15)9-8-10(9)12/h9-10H,3-8,12H2,1-2H3,(H,13,15). The van der Waals surface area contributed by atoms with Gasteiger partial charge in [0.2, 0.25) is 5.91 Å². The summed E-state index contributed by atoms with van der Waals surface area (Å²) in [5.74, 6) is 0.237. The molecule has 0 heterocycles. The molecule has 1 aliphatic rings. The van der Waals surface area contributed by atoms with Crippen LogP contribution >= 0.6 is 0 Å². The number of carbonyl (C=O) groups is 1. The third-order valence-electron chi connectivity index (χ3n) is 3.02. The van der Waals surface area contributed by atoms with Gasteiger partial charge >= 0.3 is 0 Å². The zero-order chi connectivity index (χ0) is 11.3. The molecule has 1 saturated carbocycles. The maximum absolute atomic E-state index is 11.4. The Labute approximate surface area is 92.2 Å². The summed E-state index contributed by atoms with van der Waals surface area (Å²) < 4.78 is 0. The van der Waals surface area contributed by atoms with Crippen molar-refractivity contribution in [3.05, 3.63) is 0 Å². The Morgan fingerprint density at radius 3 is 2.53 bits per heavy atom. The van der Waals surface area contributed by atoms with Gasteiger partial charge in [-0.15, -0.1) is 0 Å². The lowest BCUT2D eigenvalue weighted by Crippen LogP contribution is -2.31. The largest absolute Gasteiger partial charge is 0.356 e. The van der Waals surface area contributed by atoms with Gasteiger partial charge in [0, 0.05) is 12.6 Å². The van der Waals surface area contributed by atoms with Gasteiger partial charge in [0.25, 0.3) is 0 Å². The van der Waals surface area contributed by atoms with E-state index in [1.807, 2.05) is 0 Å². The SMILES string of the molecule is CCN(CC)CCCNC(=O)C1CC1N. The Bertz CT molecular complexity index is 204. The second kappa shape index (κ2) is 6.08. The Hall–Kier alpha value is -0.610. The number of amides is 1. The zero-order valence-corrected chi connectivity index (χ0v) is 9.83. The normalized spacial score (nSPS) is 24.3. The van der Waals surface area contributed by atoms with E-state index in [2.05, 4.69) is 24.1 Å². The van der Waals surface area contributed by atoms with Gasteiger partial charge < -0.3 is 16.0 Å². The van der Waals surface area contributed by atoms with E-state index in [0.717, 1.165) is 39.0 Å². The first-order valence-electron chi connectivity index (χ1n) is 5.94. The molecule has 4 nitrogen and oxygen atoms in total. The molecule has 0 aromatic heterocycles. The Kier molecular flexibility index (Phi) is 5.05. The predicted octanol–water partition coefficient (Wildman–Crippen LogP) is 0.182. The maximum Gasteiger partial charge on any atom is 0.224 e.